The Balaban J connectivity index is 1.39. The minimum absolute atomic E-state index is 0.0258. The Labute approximate surface area is 201 Å². The topological polar surface area (TPSA) is 82.2 Å². The molecule has 0 saturated carbocycles. The molecular weight excluding hydrogens is 452 g/mol. The van der Waals surface area contributed by atoms with E-state index in [-0.39, 0.29) is 17.3 Å². The summed E-state index contributed by atoms with van der Waals surface area (Å²) in [5.41, 5.74) is 3.71. The smallest absolute Gasteiger partial charge is 0.246 e. The van der Waals surface area contributed by atoms with Gasteiger partial charge in [-0.05, 0) is 49.1 Å². The lowest BCUT2D eigenvalue weighted by atomic mass is 10.2. The van der Waals surface area contributed by atoms with Gasteiger partial charge in [0.1, 0.15) is 0 Å². The van der Waals surface area contributed by atoms with Gasteiger partial charge in [-0.2, -0.15) is 4.31 Å². The first-order valence-electron chi connectivity index (χ1n) is 12.1. The van der Waals surface area contributed by atoms with Crippen LogP contribution < -0.4 is 15.1 Å². The standard InChI is InChI=1S/C25H32N4O4S/c30-25(29-13-10-20-6-2-3-7-23(20)29)19-26-22-18-21(34(31,32)28-11-4-1-5-12-28)8-9-24(22)27-14-16-33-17-15-27/h2-3,6-9,18,26H,1,4-5,10-17,19H2. The van der Waals surface area contributed by atoms with Gasteiger partial charge in [-0.1, -0.05) is 24.6 Å². The van der Waals surface area contributed by atoms with Gasteiger partial charge >= 0.3 is 0 Å². The van der Waals surface area contributed by atoms with Crippen LogP contribution in [0, 0.1) is 0 Å². The molecule has 2 fully saturated rings. The second-order valence-electron chi connectivity index (χ2n) is 9.02. The molecule has 0 spiro atoms. The first kappa shape index (κ1) is 23.1. The highest BCUT2D eigenvalue weighted by Crippen LogP contribution is 2.32. The van der Waals surface area contributed by atoms with Crippen molar-refractivity contribution in [2.24, 2.45) is 0 Å². The zero-order valence-corrected chi connectivity index (χ0v) is 20.2. The summed E-state index contributed by atoms with van der Waals surface area (Å²) in [6.45, 7) is 4.57. The largest absolute Gasteiger partial charge is 0.378 e. The van der Waals surface area contributed by atoms with E-state index in [1.807, 2.05) is 29.2 Å². The summed E-state index contributed by atoms with van der Waals surface area (Å²) in [6.07, 6.45) is 3.70. The molecule has 1 N–H and O–H groups in total. The number of carbonyl (C=O) groups excluding carboxylic acids is 1. The molecule has 3 aliphatic rings. The molecule has 8 nitrogen and oxygen atoms in total. The second-order valence-corrected chi connectivity index (χ2v) is 11.0. The maximum Gasteiger partial charge on any atom is 0.246 e. The molecule has 3 aliphatic heterocycles. The number of carbonyl (C=O) groups is 1. The molecule has 0 atom stereocenters. The zero-order valence-electron chi connectivity index (χ0n) is 19.4. The number of nitrogens with zero attached hydrogens (tertiary/aromatic N) is 3. The lowest BCUT2D eigenvalue weighted by molar-refractivity contribution is -0.116. The highest BCUT2D eigenvalue weighted by molar-refractivity contribution is 7.89. The van der Waals surface area contributed by atoms with Crippen LogP contribution in [-0.4, -0.2) is 71.1 Å². The number of anilines is 3. The zero-order chi connectivity index (χ0) is 23.5. The van der Waals surface area contributed by atoms with Crippen molar-refractivity contribution in [2.75, 3.05) is 67.6 Å². The Hall–Kier alpha value is -2.62. The van der Waals surface area contributed by atoms with E-state index in [9.17, 15) is 13.2 Å². The van der Waals surface area contributed by atoms with Crippen molar-refractivity contribution in [3.05, 3.63) is 48.0 Å². The van der Waals surface area contributed by atoms with E-state index < -0.39 is 10.0 Å². The van der Waals surface area contributed by atoms with Crippen LogP contribution in [0.2, 0.25) is 0 Å². The minimum Gasteiger partial charge on any atom is -0.378 e. The Morgan fingerprint density at radius 3 is 2.47 bits per heavy atom. The van der Waals surface area contributed by atoms with Gasteiger partial charge in [0, 0.05) is 38.4 Å². The molecule has 3 heterocycles. The molecule has 0 aliphatic carbocycles. The molecule has 2 aromatic carbocycles. The first-order valence-corrected chi connectivity index (χ1v) is 13.6. The number of ether oxygens (including phenoxy) is 1. The van der Waals surface area contributed by atoms with Crippen LogP contribution in [0.1, 0.15) is 24.8 Å². The van der Waals surface area contributed by atoms with Gasteiger partial charge in [0.05, 0.1) is 36.0 Å². The Bertz CT molecular complexity index is 1140. The van der Waals surface area contributed by atoms with Crippen LogP contribution in [0.3, 0.4) is 0 Å². The van der Waals surface area contributed by atoms with Crippen LogP contribution in [-0.2, 0) is 26.0 Å². The van der Waals surface area contributed by atoms with Crippen molar-refractivity contribution in [3.8, 4) is 0 Å². The molecule has 0 radical (unpaired) electrons. The van der Waals surface area contributed by atoms with E-state index in [4.69, 9.17) is 4.74 Å². The Kier molecular flexibility index (Phi) is 6.76. The maximum absolute atomic E-state index is 13.3. The number of piperidine rings is 1. The Morgan fingerprint density at radius 2 is 1.68 bits per heavy atom. The molecule has 0 aromatic heterocycles. The van der Waals surface area contributed by atoms with Crippen LogP contribution in [0.4, 0.5) is 17.1 Å². The molecule has 5 rings (SSSR count). The van der Waals surface area contributed by atoms with Gasteiger partial charge in [0.2, 0.25) is 15.9 Å². The van der Waals surface area contributed by atoms with E-state index in [0.717, 1.165) is 50.1 Å². The second kappa shape index (κ2) is 9.93. The maximum atomic E-state index is 13.3. The summed E-state index contributed by atoms with van der Waals surface area (Å²) in [5, 5.41) is 3.28. The van der Waals surface area contributed by atoms with E-state index in [1.165, 1.54) is 5.56 Å². The third-order valence-corrected chi connectivity index (χ3v) is 8.79. The number of hydrogen-bond donors (Lipinski definition) is 1. The summed E-state index contributed by atoms with van der Waals surface area (Å²) in [7, 11) is -3.57. The minimum atomic E-state index is -3.57. The number of nitrogens with one attached hydrogen (secondary N) is 1. The molecule has 34 heavy (non-hydrogen) atoms. The fraction of sp³-hybridized carbons (Fsp3) is 0.480. The van der Waals surface area contributed by atoms with Gasteiger partial charge in [-0.3, -0.25) is 4.79 Å². The summed E-state index contributed by atoms with van der Waals surface area (Å²) in [5.74, 6) is -0.0258. The van der Waals surface area contributed by atoms with Crippen molar-refractivity contribution in [2.45, 2.75) is 30.6 Å². The van der Waals surface area contributed by atoms with E-state index in [1.54, 1.807) is 16.4 Å². The number of morpholine rings is 1. The van der Waals surface area contributed by atoms with Crippen molar-refractivity contribution in [3.63, 3.8) is 0 Å². The molecular formula is C25H32N4O4S. The van der Waals surface area contributed by atoms with E-state index in [2.05, 4.69) is 16.3 Å². The number of para-hydroxylation sites is 1. The normalized spacial score (nSPS) is 19.2. The molecule has 2 aromatic rings. The van der Waals surface area contributed by atoms with Crippen LogP contribution in [0.25, 0.3) is 0 Å². The highest BCUT2D eigenvalue weighted by Gasteiger charge is 2.28. The third kappa shape index (κ3) is 4.64. The number of rotatable bonds is 6. The number of benzene rings is 2. The van der Waals surface area contributed by atoms with E-state index in [0.29, 0.717) is 38.5 Å². The summed E-state index contributed by atoms with van der Waals surface area (Å²) < 4.78 is 33.7. The van der Waals surface area contributed by atoms with Gasteiger partial charge in [-0.25, -0.2) is 8.42 Å². The monoisotopic (exact) mass is 484 g/mol. The highest BCUT2D eigenvalue weighted by atomic mass is 32.2. The predicted molar refractivity (Wildman–Crippen MR) is 133 cm³/mol. The fourth-order valence-corrected chi connectivity index (χ4v) is 6.56. The quantitative estimate of drug-likeness (QED) is 0.679. The molecule has 2 saturated heterocycles. The van der Waals surface area contributed by atoms with Crippen molar-refractivity contribution in [1.82, 2.24) is 4.31 Å². The van der Waals surface area contributed by atoms with Crippen molar-refractivity contribution in [1.29, 1.82) is 0 Å². The van der Waals surface area contributed by atoms with E-state index >= 15 is 0 Å². The van der Waals surface area contributed by atoms with Gasteiger partial charge < -0.3 is 19.9 Å². The molecule has 0 bridgehead atoms. The average Bonchev–Trinajstić information content (AvgIpc) is 3.32. The molecule has 0 unspecified atom stereocenters. The summed E-state index contributed by atoms with van der Waals surface area (Å²) in [4.78, 5) is 17.4. The fourth-order valence-electron chi connectivity index (χ4n) is 5.02. The summed E-state index contributed by atoms with van der Waals surface area (Å²) >= 11 is 0. The predicted octanol–water partition coefficient (Wildman–Crippen LogP) is 2.70. The third-order valence-electron chi connectivity index (χ3n) is 6.89. The number of sulfonamides is 1. The first-order chi connectivity index (χ1) is 16.5. The van der Waals surface area contributed by atoms with Crippen molar-refractivity contribution < 1.29 is 17.9 Å². The van der Waals surface area contributed by atoms with Crippen LogP contribution in [0.5, 0.6) is 0 Å². The Morgan fingerprint density at radius 1 is 0.912 bits per heavy atom. The van der Waals surface area contributed by atoms with Gasteiger partial charge in [0.25, 0.3) is 0 Å². The van der Waals surface area contributed by atoms with Crippen molar-refractivity contribution >= 4 is 33.0 Å². The number of fused-ring (bicyclic) bond motifs is 1. The van der Waals surface area contributed by atoms with Gasteiger partial charge in [0.15, 0.2) is 0 Å². The molecule has 9 heteroatoms. The lowest BCUT2D eigenvalue weighted by Gasteiger charge is -2.31. The summed E-state index contributed by atoms with van der Waals surface area (Å²) in [6, 6.07) is 13.2. The van der Waals surface area contributed by atoms with Crippen LogP contribution in [0.15, 0.2) is 47.4 Å². The molecule has 1 amide bonds. The number of hydrogen-bond acceptors (Lipinski definition) is 6. The molecule has 182 valence electrons. The average molecular weight is 485 g/mol. The van der Waals surface area contributed by atoms with Gasteiger partial charge in [-0.15, -0.1) is 0 Å². The number of amides is 1. The SMILES string of the molecule is O=C(CNc1cc(S(=O)(=O)N2CCCCC2)ccc1N1CCOCC1)N1CCc2ccccc21. The van der Waals surface area contributed by atoms with Crippen LogP contribution >= 0.6 is 0 Å². The lowest BCUT2D eigenvalue weighted by Crippen LogP contribution is -2.38.